The lowest BCUT2D eigenvalue weighted by molar-refractivity contribution is -0.138. The lowest BCUT2D eigenvalue weighted by atomic mass is 10.0. The molecule has 5 heterocycles. The van der Waals surface area contributed by atoms with Gasteiger partial charge in [-0.15, -0.1) is 45.3 Å². The highest BCUT2D eigenvalue weighted by molar-refractivity contribution is 7.65. The molecule has 0 nitrogen and oxygen atoms in total. The van der Waals surface area contributed by atoms with E-state index in [1.54, 1.807) is 0 Å². The Balaban J connectivity index is 1.25. The molecule has 5 aromatic heterocycles. The van der Waals surface area contributed by atoms with Crippen molar-refractivity contribution < 1.29 is 52.7 Å². The first-order valence-electron chi connectivity index (χ1n) is 21.2. The molecule has 0 aliphatic carbocycles. The first-order valence-corrected chi connectivity index (χ1v) is 25.8. The van der Waals surface area contributed by atoms with Crippen LogP contribution in [-0.2, 0) is 24.7 Å². The second-order valence-electron chi connectivity index (χ2n) is 16.1. The van der Waals surface area contributed by atoms with Gasteiger partial charge in [0.05, 0.1) is 22.3 Å². The molecule has 0 fully saturated rings. The highest BCUT2D eigenvalue weighted by Gasteiger charge is 2.35. The average Bonchev–Trinajstić information content (AvgIpc) is 4.21. The molecule has 10 rings (SSSR count). The zero-order valence-electron chi connectivity index (χ0n) is 35.9. The van der Waals surface area contributed by atoms with E-state index in [1.807, 2.05) is 78.9 Å². The van der Waals surface area contributed by atoms with Crippen LogP contribution in [0.4, 0.5) is 52.7 Å². The number of alkyl halides is 12. The van der Waals surface area contributed by atoms with Gasteiger partial charge in [0.25, 0.3) is 0 Å². The van der Waals surface area contributed by atoms with E-state index < -0.39 is 54.5 Å². The van der Waals surface area contributed by atoms with Crippen LogP contribution in [0.3, 0.4) is 0 Å². The van der Waals surface area contributed by atoms with E-state index in [9.17, 15) is 52.7 Å². The van der Waals surface area contributed by atoms with Gasteiger partial charge in [0.15, 0.2) is 0 Å². The Morgan fingerprint density at radius 1 is 0.254 bits per heavy atom. The van der Waals surface area contributed by atoms with Gasteiger partial charge in [-0.1, -0.05) is 86.4 Å². The smallest absolute Gasteiger partial charge is 0.166 e. The van der Waals surface area contributed by atoms with Crippen LogP contribution < -0.4 is 0 Å². The van der Waals surface area contributed by atoms with E-state index >= 15 is 0 Å². The zero-order valence-corrected chi connectivity index (χ0v) is 40.0. The molecule has 5 aromatic carbocycles. The van der Waals surface area contributed by atoms with Gasteiger partial charge in [-0.2, -0.15) is 52.7 Å². The molecule has 10 aromatic rings. The fourth-order valence-electron chi connectivity index (χ4n) is 8.14. The molecule has 0 amide bonds. The van der Waals surface area contributed by atoms with Crippen LogP contribution in [0.15, 0.2) is 176 Å². The zero-order chi connectivity index (χ0) is 50.0. The van der Waals surface area contributed by atoms with Crippen LogP contribution in [-0.4, -0.2) is 0 Å². The number of hydrogen-bond acceptors (Lipinski definition) is 4. The molecule has 358 valence electrons. The van der Waals surface area contributed by atoms with Crippen LogP contribution >= 0.6 is 52.9 Å². The third-order valence-electron chi connectivity index (χ3n) is 11.6. The molecule has 0 saturated heterocycles. The van der Waals surface area contributed by atoms with Crippen molar-refractivity contribution in [3.8, 4) is 88.3 Å². The van der Waals surface area contributed by atoms with Crippen LogP contribution in [0, 0.1) is 0 Å². The monoisotopic (exact) mass is 1060 g/mol. The van der Waals surface area contributed by atoms with Gasteiger partial charge in [0.2, 0.25) is 0 Å². The fraction of sp³-hybridized carbons (Fsp3) is 0.0741. The van der Waals surface area contributed by atoms with Crippen molar-refractivity contribution in [1.82, 2.24) is 0 Å². The van der Waals surface area contributed by atoms with E-state index in [0.29, 0.717) is 41.8 Å². The largest absolute Gasteiger partial charge is 0.416 e. The van der Waals surface area contributed by atoms with E-state index in [4.69, 9.17) is 0 Å². The molecule has 71 heavy (non-hydrogen) atoms. The summed E-state index contributed by atoms with van der Waals surface area (Å²) in [5.74, 6) is 0. The van der Waals surface area contributed by atoms with Crippen molar-refractivity contribution in [2.75, 3.05) is 0 Å². The lowest BCUT2D eigenvalue weighted by Crippen LogP contribution is -2.03. The molecular formula is C54H29F12PS4. The normalized spacial score (nSPS) is 12.5. The Labute approximate surface area is 414 Å². The predicted octanol–water partition coefficient (Wildman–Crippen LogP) is 21.3. The maximum Gasteiger partial charge on any atom is 0.416 e. The molecule has 0 aliphatic heterocycles. The maximum absolute atomic E-state index is 13.7. The SMILES string of the molecule is FC(F)(F)c1ccc(-c2ccc(-c3c(-c4ccc(-c5ccc(C(F)(F)F)cc5)s4)c(-c4ccc(-c5ccc(C(F)(F)F)cc5)s4)p(-c4ccccc4)c3-c3ccc(-c4ccc(C(F)(F)F)cc4)s3)s2)cc1. The molecule has 0 aliphatic rings. The standard InChI is InChI=1S/C54H29F12PS4/c55-51(56,57)34-14-6-30(7-15-34)39-22-26-43(68-39)47-48(44-27-23-40(69-44)31-8-16-35(17-9-31)52(58,59)60)50(46-29-25-42(71-46)33-12-20-37(21-13-33)54(64,65)66)67(38-4-2-1-3-5-38)49(47)45-28-24-41(70-45)32-10-18-36(19-11-32)53(61,62)63/h1-29H. The lowest BCUT2D eigenvalue weighted by Gasteiger charge is -2.10. The summed E-state index contributed by atoms with van der Waals surface area (Å²) in [6, 6.07) is 44.0. The third kappa shape index (κ3) is 9.80. The minimum Gasteiger partial charge on any atom is -0.166 e. The van der Waals surface area contributed by atoms with Gasteiger partial charge in [-0.3, -0.25) is 0 Å². The van der Waals surface area contributed by atoms with Gasteiger partial charge >= 0.3 is 24.7 Å². The van der Waals surface area contributed by atoms with Gasteiger partial charge in [-0.05, 0) is 125 Å². The van der Waals surface area contributed by atoms with Crippen molar-refractivity contribution in [2.45, 2.75) is 24.7 Å². The summed E-state index contributed by atoms with van der Waals surface area (Å²) in [6.45, 7) is 0. The topological polar surface area (TPSA) is 0 Å². The predicted molar refractivity (Wildman–Crippen MR) is 265 cm³/mol. The first kappa shape index (κ1) is 48.5. The van der Waals surface area contributed by atoms with Crippen molar-refractivity contribution in [3.05, 3.63) is 198 Å². The van der Waals surface area contributed by atoms with E-state index in [0.717, 1.165) is 95.1 Å². The van der Waals surface area contributed by atoms with Crippen LogP contribution in [0.5, 0.6) is 0 Å². The highest BCUT2D eigenvalue weighted by Crippen LogP contribution is 2.68. The van der Waals surface area contributed by atoms with E-state index in [-0.39, 0.29) is 0 Å². The van der Waals surface area contributed by atoms with Crippen molar-refractivity contribution in [1.29, 1.82) is 0 Å². The molecule has 0 atom stereocenters. The van der Waals surface area contributed by atoms with Crippen LogP contribution in [0.2, 0.25) is 0 Å². The molecule has 17 heteroatoms. The summed E-state index contributed by atoms with van der Waals surface area (Å²) in [6.07, 6.45) is -18.2. The Morgan fingerprint density at radius 2 is 0.493 bits per heavy atom. The summed E-state index contributed by atoms with van der Waals surface area (Å²) >= 11 is 5.46. The van der Waals surface area contributed by atoms with E-state index in [1.165, 1.54) is 93.9 Å². The Bertz CT molecular complexity index is 3280. The number of halogens is 12. The molecule has 0 saturated carbocycles. The number of rotatable bonds is 9. The second-order valence-corrected chi connectivity index (χ2v) is 22.5. The Morgan fingerprint density at radius 3 is 0.761 bits per heavy atom. The molecule has 0 radical (unpaired) electrons. The van der Waals surface area contributed by atoms with Crippen LogP contribution in [0.1, 0.15) is 22.3 Å². The molecule has 0 N–H and O–H groups in total. The number of thiophene rings is 4. The summed E-state index contributed by atoms with van der Waals surface area (Å²) in [7, 11) is -1.58. The number of benzene rings is 5. The third-order valence-corrected chi connectivity index (χ3v) is 19.1. The second kappa shape index (κ2) is 18.5. The molecule has 0 unspecified atom stereocenters. The quantitative estimate of drug-likeness (QED) is 0.126. The van der Waals surface area contributed by atoms with Crippen molar-refractivity contribution >= 4 is 52.9 Å². The minimum absolute atomic E-state index is 0.534. The van der Waals surface area contributed by atoms with Crippen molar-refractivity contribution in [3.63, 3.8) is 0 Å². The maximum atomic E-state index is 13.7. The summed E-state index contributed by atoms with van der Waals surface area (Å²) in [4.78, 5) is 5.70. The van der Waals surface area contributed by atoms with Gasteiger partial charge < -0.3 is 0 Å². The summed E-state index contributed by atoms with van der Waals surface area (Å²) in [5.41, 5.74) is 0.479. The van der Waals surface area contributed by atoms with Crippen molar-refractivity contribution in [2.24, 2.45) is 0 Å². The first-order chi connectivity index (χ1) is 33.7. The van der Waals surface area contributed by atoms with Crippen LogP contribution in [0.25, 0.3) is 88.3 Å². The molecular weight excluding hydrogens is 1040 g/mol. The highest BCUT2D eigenvalue weighted by atomic mass is 32.1. The number of hydrogen-bond donors (Lipinski definition) is 0. The fourth-order valence-corrected chi connectivity index (χ4v) is 15.9. The molecule has 0 spiro atoms. The minimum atomic E-state index is -4.55. The average molecular weight is 1070 g/mol. The Hall–Kier alpha value is -6.16. The van der Waals surface area contributed by atoms with Gasteiger partial charge in [0.1, 0.15) is 0 Å². The van der Waals surface area contributed by atoms with Gasteiger partial charge in [-0.25, -0.2) is 0 Å². The Kier molecular flexibility index (Phi) is 12.6. The molecule has 0 bridgehead atoms. The van der Waals surface area contributed by atoms with Gasteiger partial charge in [0, 0.05) is 60.7 Å². The summed E-state index contributed by atoms with van der Waals surface area (Å²) in [5, 5.41) is 2.65. The van der Waals surface area contributed by atoms with E-state index in [2.05, 4.69) is 0 Å². The summed E-state index contributed by atoms with van der Waals surface area (Å²) < 4.78 is 164.